The average molecular weight is 581 g/mol. The summed E-state index contributed by atoms with van der Waals surface area (Å²) in [4.78, 5) is 11.3. The number of hydrogen-bond donors (Lipinski definition) is 4. The zero-order valence-electron chi connectivity index (χ0n) is 21.4. The number of fused-ring (bicyclic) bond motifs is 1. The highest BCUT2D eigenvalue weighted by Crippen LogP contribution is 2.37. The lowest BCUT2D eigenvalue weighted by molar-refractivity contribution is -0.0312. The number of aromatic nitrogens is 3. The lowest BCUT2D eigenvalue weighted by Gasteiger charge is -2.38. The van der Waals surface area contributed by atoms with Crippen molar-refractivity contribution in [3.8, 4) is 5.75 Å². The van der Waals surface area contributed by atoms with Crippen molar-refractivity contribution in [2.45, 2.75) is 46.8 Å². The Labute approximate surface area is 227 Å². The second kappa shape index (κ2) is 11.1. The van der Waals surface area contributed by atoms with Crippen LogP contribution in [0, 0.1) is 0 Å². The van der Waals surface area contributed by atoms with Gasteiger partial charge in [0.05, 0.1) is 28.9 Å². The quantitative estimate of drug-likeness (QED) is 0.259. The molecule has 2 unspecified atom stereocenters. The van der Waals surface area contributed by atoms with E-state index in [0.29, 0.717) is 55.9 Å². The number of hydrogen-bond acceptors (Lipinski definition) is 10. The van der Waals surface area contributed by atoms with Crippen LogP contribution >= 0.6 is 0 Å². The van der Waals surface area contributed by atoms with Crippen LogP contribution in [0.5, 0.6) is 5.75 Å². The molecule has 2 fully saturated rings. The molecule has 39 heavy (non-hydrogen) atoms. The van der Waals surface area contributed by atoms with Crippen LogP contribution in [0.15, 0.2) is 52.6 Å². The number of piperidine rings is 1. The molecule has 0 saturated carbocycles. The molecule has 2 aliphatic rings. The number of sulfonamides is 2. The molecule has 4 N–H and O–H groups in total. The van der Waals surface area contributed by atoms with Crippen LogP contribution in [0.1, 0.15) is 19.3 Å². The number of pyridine rings is 1. The number of aliphatic hydroxyl groups is 1. The lowest BCUT2D eigenvalue weighted by Crippen LogP contribution is -2.47. The number of nitrogens with one attached hydrogen (secondary N) is 3. The van der Waals surface area contributed by atoms with Crippen molar-refractivity contribution < 1.29 is 31.4 Å². The Bertz CT molecular complexity index is 1520. The van der Waals surface area contributed by atoms with Gasteiger partial charge in [-0.2, -0.15) is 4.31 Å². The SMILES string of the molecule is CNS(=O)(=O)c1cccc(OCC(O)CNC2COC3(CCN(S(=O)(=O)c4cnc5nc[nH]c5c4)CC3)C2)c1. The van der Waals surface area contributed by atoms with Gasteiger partial charge in [0.15, 0.2) is 5.65 Å². The normalized spacial score (nSPS) is 20.9. The topological polar surface area (TPSA) is 176 Å². The Morgan fingerprint density at radius 1 is 1.21 bits per heavy atom. The predicted octanol–water partition coefficient (Wildman–Crippen LogP) is 0.208. The summed E-state index contributed by atoms with van der Waals surface area (Å²) < 4.78 is 65.7. The molecule has 0 bridgehead atoms. The molecular weight excluding hydrogens is 548 g/mol. The molecule has 13 nitrogen and oxygen atoms in total. The van der Waals surface area contributed by atoms with E-state index in [1.165, 1.54) is 36.0 Å². The minimum atomic E-state index is -3.69. The van der Waals surface area contributed by atoms with Crippen LogP contribution in [0.4, 0.5) is 0 Å². The molecular formula is C24H32N6O7S2. The fourth-order valence-electron chi connectivity index (χ4n) is 4.96. The van der Waals surface area contributed by atoms with E-state index in [-0.39, 0.29) is 29.0 Å². The summed E-state index contributed by atoms with van der Waals surface area (Å²) in [6.45, 7) is 1.40. The molecule has 0 aliphatic carbocycles. The minimum absolute atomic E-state index is 0.0129. The molecule has 3 aromatic rings. The maximum atomic E-state index is 13.2. The van der Waals surface area contributed by atoms with E-state index >= 15 is 0 Å². The first kappa shape index (κ1) is 27.9. The van der Waals surface area contributed by atoms with Crippen LogP contribution in [-0.4, -0.2) is 98.8 Å². The summed E-state index contributed by atoms with van der Waals surface area (Å²) in [6.07, 6.45) is 3.85. The maximum absolute atomic E-state index is 13.2. The van der Waals surface area contributed by atoms with E-state index < -0.39 is 31.8 Å². The number of aromatic amines is 1. The summed E-state index contributed by atoms with van der Waals surface area (Å²) >= 11 is 0. The van der Waals surface area contributed by atoms with E-state index in [0.717, 1.165) is 0 Å². The summed E-state index contributed by atoms with van der Waals surface area (Å²) in [7, 11) is -5.94. The lowest BCUT2D eigenvalue weighted by atomic mass is 9.88. The van der Waals surface area contributed by atoms with Crippen LogP contribution in [0.2, 0.25) is 0 Å². The number of benzene rings is 1. The smallest absolute Gasteiger partial charge is 0.244 e. The van der Waals surface area contributed by atoms with Gasteiger partial charge in [-0.1, -0.05) is 6.07 Å². The molecule has 2 atom stereocenters. The third kappa shape index (κ3) is 6.09. The van der Waals surface area contributed by atoms with Gasteiger partial charge in [-0.05, 0) is 44.5 Å². The van der Waals surface area contributed by atoms with E-state index in [1.807, 2.05) is 0 Å². The van der Waals surface area contributed by atoms with Crippen molar-refractivity contribution in [1.29, 1.82) is 0 Å². The Morgan fingerprint density at radius 2 is 2.00 bits per heavy atom. The molecule has 1 aromatic carbocycles. The zero-order valence-corrected chi connectivity index (χ0v) is 23.0. The summed E-state index contributed by atoms with van der Waals surface area (Å²) in [5.74, 6) is 0.343. The van der Waals surface area contributed by atoms with Crippen molar-refractivity contribution in [2.75, 3.05) is 39.9 Å². The van der Waals surface area contributed by atoms with E-state index in [1.54, 1.807) is 18.2 Å². The number of H-pyrrole nitrogens is 1. The first-order valence-corrected chi connectivity index (χ1v) is 15.5. The van der Waals surface area contributed by atoms with Gasteiger partial charge in [0, 0.05) is 37.9 Å². The molecule has 2 saturated heterocycles. The minimum Gasteiger partial charge on any atom is -0.491 e. The molecule has 15 heteroatoms. The highest BCUT2D eigenvalue weighted by molar-refractivity contribution is 7.89. The van der Waals surface area contributed by atoms with Crippen molar-refractivity contribution in [3.05, 3.63) is 42.9 Å². The number of ether oxygens (including phenoxy) is 2. The fourth-order valence-corrected chi connectivity index (χ4v) is 7.14. The Hall–Kier alpha value is -2.66. The third-order valence-electron chi connectivity index (χ3n) is 7.20. The molecule has 2 aromatic heterocycles. The number of rotatable bonds is 10. The van der Waals surface area contributed by atoms with Crippen LogP contribution < -0.4 is 14.8 Å². The monoisotopic (exact) mass is 580 g/mol. The van der Waals surface area contributed by atoms with Gasteiger partial charge in [0.25, 0.3) is 0 Å². The molecule has 4 heterocycles. The van der Waals surface area contributed by atoms with Gasteiger partial charge in [0.2, 0.25) is 20.0 Å². The molecule has 0 radical (unpaired) electrons. The van der Waals surface area contributed by atoms with E-state index in [4.69, 9.17) is 9.47 Å². The summed E-state index contributed by atoms with van der Waals surface area (Å²) in [5.41, 5.74) is 0.631. The second-order valence-electron chi connectivity index (χ2n) is 9.80. The highest BCUT2D eigenvalue weighted by atomic mass is 32.2. The van der Waals surface area contributed by atoms with Gasteiger partial charge in [0.1, 0.15) is 23.4 Å². The summed E-state index contributed by atoms with van der Waals surface area (Å²) in [5, 5.41) is 13.7. The van der Waals surface area contributed by atoms with Crippen LogP contribution in [0.3, 0.4) is 0 Å². The van der Waals surface area contributed by atoms with Crippen molar-refractivity contribution in [1.82, 2.24) is 29.3 Å². The van der Waals surface area contributed by atoms with Gasteiger partial charge >= 0.3 is 0 Å². The van der Waals surface area contributed by atoms with E-state index in [9.17, 15) is 21.9 Å². The summed E-state index contributed by atoms with van der Waals surface area (Å²) in [6, 6.07) is 7.63. The van der Waals surface area contributed by atoms with Gasteiger partial charge in [-0.15, -0.1) is 0 Å². The third-order valence-corrected chi connectivity index (χ3v) is 10.5. The number of nitrogens with zero attached hydrogens (tertiary/aromatic N) is 3. The molecule has 212 valence electrons. The largest absolute Gasteiger partial charge is 0.491 e. The zero-order chi connectivity index (χ0) is 27.7. The van der Waals surface area contributed by atoms with Crippen LogP contribution in [0.25, 0.3) is 11.2 Å². The second-order valence-corrected chi connectivity index (χ2v) is 13.6. The standard InChI is InChI=1S/C24H32N6O7S2/c1-25-38(32,33)20-4-2-3-19(9-20)36-15-18(31)12-26-17-11-24(37-14-17)5-7-30(8-6-24)39(34,35)21-10-22-23(27-13-21)29-16-28-22/h2-4,9-10,13,16-18,25-26,31H,5-8,11-12,14-15H2,1H3,(H,27,28,29). The van der Waals surface area contributed by atoms with E-state index in [2.05, 4.69) is 25.0 Å². The molecule has 0 amide bonds. The Balaban J connectivity index is 1.08. The van der Waals surface area contributed by atoms with Gasteiger partial charge in [-0.25, -0.2) is 31.5 Å². The molecule has 1 spiro atoms. The van der Waals surface area contributed by atoms with Crippen molar-refractivity contribution in [3.63, 3.8) is 0 Å². The first-order chi connectivity index (χ1) is 18.6. The van der Waals surface area contributed by atoms with Crippen molar-refractivity contribution >= 4 is 31.2 Å². The number of aliphatic hydroxyl groups excluding tert-OH is 1. The Morgan fingerprint density at radius 3 is 2.77 bits per heavy atom. The fraction of sp³-hybridized carbons (Fsp3) is 0.500. The molecule has 2 aliphatic heterocycles. The van der Waals surface area contributed by atoms with Gasteiger partial charge in [-0.3, -0.25) is 0 Å². The van der Waals surface area contributed by atoms with Crippen molar-refractivity contribution in [2.24, 2.45) is 0 Å². The highest BCUT2D eigenvalue weighted by Gasteiger charge is 2.44. The Kier molecular flexibility index (Phi) is 7.92. The maximum Gasteiger partial charge on any atom is 0.244 e. The van der Waals surface area contributed by atoms with Crippen LogP contribution in [-0.2, 0) is 24.8 Å². The van der Waals surface area contributed by atoms with Gasteiger partial charge < -0.3 is 24.9 Å². The predicted molar refractivity (Wildman–Crippen MR) is 141 cm³/mol. The average Bonchev–Trinajstić information content (AvgIpc) is 3.58. The first-order valence-electron chi connectivity index (χ1n) is 12.6. The number of imidazole rings is 1. The molecule has 5 rings (SSSR count).